The molecule has 0 saturated carbocycles. The molecule has 1 aliphatic rings. The van der Waals surface area contributed by atoms with Crippen molar-refractivity contribution < 1.29 is 9.90 Å². The van der Waals surface area contributed by atoms with Crippen molar-refractivity contribution in [2.45, 2.75) is 19.3 Å². The van der Waals surface area contributed by atoms with E-state index in [4.69, 9.17) is 5.26 Å². The molecule has 2 aromatic heterocycles. The molecule has 4 aromatic rings. The highest BCUT2D eigenvalue weighted by Crippen LogP contribution is 2.36. The fourth-order valence-electron chi connectivity index (χ4n) is 3.78. The van der Waals surface area contributed by atoms with E-state index in [1.165, 1.54) is 0 Å². The van der Waals surface area contributed by atoms with Gasteiger partial charge in [-0.05, 0) is 43.2 Å². The number of rotatable bonds is 3. The first-order valence-corrected chi connectivity index (χ1v) is 9.72. The van der Waals surface area contributed by atoms with Crippen molar-refractivity contribution in [3.05, 3.63) is 48.0 Å². The summed E-state index contributed by atoms with van der Waals surface area (Å²) in [5.74, 6) is 0.562. The van der Waals surface area contributed by atoms with Gasteiger partial charge >= 0.3 is 0 Å². The number of nitrogens with one attached hydrogen (secondary N) is 2. The number of carbonyl (C=O) groups is 1. The number of benzene rings is 2. The van der Waals surface area contributed by atoms with Gasteiger partial charge < -0.3 is 15.0 Å². The summed E-state index contributed by atoms with van der Waals surface area (Å²) in [6, 6.07) is 14.7. The third kappa shape index (κ3) is 2.97. The molecule has 148 valence electrons. The number of hydrogen-bond donors (Lipinski definition) is 3. The molecule has 0 atom stereocenters. The zero-order chi connectivity index (χ0) is 20.7. The van der Waals surface area contributed by atoms with E-state index in [-0.39, 0.29) is 11.7 Å². The topological polar surface area (TPSA) is 122 Å². The third-order valence-corrected chi connectivity index (χ3v) is 5.36. The molecule has 5 rings (SSSR count). The Bertz CT molecular complexity index is 1300. The van der Waals surface area contributed by atoms with Gasteiger partial charge in [0.15, 0.2) is 11.6 Å². The Hall–Kier alpha value is -4.12. The molecule has 30 heavy (non-hydrogen) atoms. The minimum Gasteiger partial charge on any atom is -0.504 e. The summed E-state index contributed by atoms with van der Waals surface area (Å²) in [5, 5.41) is 26.9. The summed E-state index contributed by atoms with van der Waals surface area (Å²) in [4.78, 5) is 21.5. The molecule has 1 fully saturated rings. The number of fused-ring (bicyclic) bond motifs is 1. The number of anilines is 1. The van der Waals surface area contributed by atoms with Gasteiger partial charge in [0.2, 0.25) is 5.91 Å². The lowest BCUT2D eigenvalue weighted by atomic mass is 10.1. The summed E-state index contributed by atoms with van der Waals surface area (Å²) in [7, 11) is 0. The number of nitrogens with zero attached hydrogens (tertiary/aromatic N) is 4. The van der Waals surface area contributed by atoms with Crippen LogP contribution in [0.5, 0.6) is 5.75 Å². The summed E-state index contributed by atoms with van der Waals surface area (Å²) in [5.41, 5.74) is 4.27. The van der Waals surface area contributed by atoms with Gasteiger partial charge in [0, 0.05) is 24.2 Å². The summed E-state index contributed by atoms with van der Waals surface area (Å²) in [6.07, 6.45) is 2.53. The second-order valence-corrected chi connectivity index (χ2v) is 7.27. The van der Waals surface area contributed by atoms with Crippen LogP contribution in [0.1, 0.15) is 24.8 Å². The monoisotopic (exact) mass is 398 g/mol. The first-order valence-electron chi connectivity index (χ1n) is 9.72. The van der Waals surface area contributed by atoms with Crippen LogP contribution in [0, 0.1) is 11.3 Å². The number of nitriles is 1. The van der Waals surface area contributed by atoms with Gasteiger partial charge in [-0.3, -0.25) is 9.89 Å². The van der Waals surface area contributed by atoms with E-state index in [0.717, 1.165) is 30.6 Å². The molecule has 0 bridgehead atoms. The van der Waals surface area contributed by atoms with Gasteiger partial charge in [0.25, 0.3) is 0 Å². The van der Waals surface area contributed by atoms with Crippen molar-refractivity contribution in [3.8, 4) is 34.6 Å². The van der Waals surface area contributed by atoms with Crippen LogP contribution >= 0.6 is 0 Å². The van der Waals surface area contributed by atoms with Crippen molar-refractivity contribution in [2.75, 3.05) is 11.4 Å². The molecule has 0 aliphatic carbocycles. The maximum Gasteiger partial charge on any atom is 0.226 e. The maximum absolute atomic E-state index is 12.1. The molecular weight excluding hydrogens is 380 g/mol. The summed E-state index contributed by atoms with van der Waals surface area (Å²) < 4.78 is 0. The second kappa shape index (κ2) is 7.04. The first-order chi connectivity index (χ1) is 14.6. The SMILES string of the molecule is N#Cc1ccc2nc(-c3[nH]nc(-c4ccc(N5CCCCC5=O)cc4)c3O)[nH]c2c1. The maximum atomic E-state index is 12.1. The van der Waals surface area contributed by atoms with Gasteiger partial charge in [-0.2, -0.15) is 10.4 Å². The zero-order valence-electron chi connectivity index (χ0n) is 16.0. The number of aromatic hydroxyl groups is 1. The lowest BCUT2D eigenvalue weighted by Crippen LogP contribution is -2.35. The average molecular weight is 398 g/mol. The van der Waals surface area contributed by atoms with Crippen LogP contribution in [0.3, 0.4) is 0 Å². The molecule has 3 heterocycles. The van der Waals surface area contributed by atoms with Gasteiger partial charge in [0.05, 0.1) is 22.7 Å². The minimum absolute atomic E-state index is 0.0173. The van der Waals surface area contributed by atoms with Crippen molar-refractivity contribution in [3.63, 3.8) is 0 Å². The van der Waals surface area contributed by atoms with Crippen LogP contribution in [0.25, 0.3) is 33.8 Å². The van der Waals surface area contributed by atoms with Gasteiger partial charge in [-0.15, -0.1) is 0 Å². The van der Waals surface area contributed by atoms with E-state index < -0.39 is 0 Å². The largest absolute Gasteiger partial charge is 0.504 e. The number of amides is 1. The number of piperidine rings is 1. The predicted octanol–water partition coefficient (Wildman–Crippen LogP) is 3.71. The number of imidazole rings is 1. The predicted molar refractivity (Wildman–Crippen MR) is 112 cm³/mol. The fourth-order valence-corrected chi connectivity index (χ4v) is 3.78. The lowest BCUT2D eigenvalue weighted by Gasteiger charge is -2.26. The van der Waals surface area contributed by atoms with Crippen molar-refractivity contribution in [2.24, 2.45) is 0 Å². The molecule has 0 radical (unpaired) electrons. The number of aromatic amines is 2. The number of hydrogen-bond acceptors (Lipinski definition) is 5. The Kier molecular flexibility index (Phi) is 4.21. The van der Waals surface area contributed by atoms with E-state index in [1.54, 1.807) is 23.1 Å². The number of aromatic nitrogens is 4. The molecule has 1 aliphatic heterocycles. The second-order valence-electron chi connectivity index (χ2n) is 7.27. The van der Waals surface area contributed by atoms with Crippen LogP contribution in [0.2, 0.25) is 0 Å². The summed E-state index contributed by atoms with van der Waals surface area (Å²) in [6.45, 7) is 0.732. The van der Waals surface area contributed by atoms with Crippen molar-refractivity contribution >= 4 is 22.6 Å². The van der Waals surface area contributed by atoms with Crippen LogP contribution in [0.15, 0.2) is 42.5 Å². The first kappa shape index (κ1) is 17.9. The smallest absolute Gasteiger partial charge is 0.226 e. The Labute approximate surface area is 171 Å². The van der Waals surface area contributed by atoms with Gasteiger partial charge in [0.1, 0.15) is 11.4 Å². The van der Waals surface area contributed by atoms with E-state index in [1.807, 2.05) is 24.3 Å². The lowest BCUT2D eigenvalue weighted by molar-refractivity contribution is -0.119. The Morgan fingerprint density at radius 3 is 2.73 bits per heavy atom. The van der Waals surface area contributed by atoms with Gasteiger partial charge in [-0.1, -0.05) is 12.1 Å². The molecule has 1 amide bonds. The molecule has 0 spiro atoms. The third-order valence-electron chi connectivity index (χ3n) is 5.36. The van der Waals surface area contributed by atoms with Crippen LogP contribution < -0.4 is 4.90 Å². The average Bonchev–Trinajstić information content (AvgIpc) is 3.36. The molecule has 1 saturated heterocycles. The Balaban J connectivity index is 1.46. The highest BCUT2D eigenvalue weighted by molar-refractivity contribution is 5.94. The molecule has 3 N–H and O–H groups in total. The fraction of sp³-hybridized carbons (Fsp3) is 0.182. The van der Waals surface area contributed by atoms with Crippen molar-refractivity contribution in [1.29, 1.82) is 5.26 Å². The molecule has 8 heteroatoms. The van der Waals surface area contributed by atoms with E-state index >= 15 is 0 Å². The number of carbonyl (C=O) groups excluding carboxylic acids is 1. The van der Waals surface area contributed by atoms with Crippen molar-refractivity contribution in [1.82, 2.24) is 20.2 Å². The minimum atomic E-state index is -0.0173. The van der Waals surface area contributed by atoms with E-state index in [0.29, 0.717) is 40.2 Å². The Morgan fingerprint density at radius 1 is 1.13 bits per heavy atom. The standard InChI is InChI=1S/C22H18N6O2/c23-12-13-4-9-16-17(11-13)25-22(24-16)20-21(30)19(26-27-20)14-5-7-15(8-6-14)28-10-2-1-3-18(28)29/h4-9,11,30H,1-3,10H2,(H,24,25)(H,26,27). The zero-order valence-corrected chi connectivity index (χ0v) is 16.0. The highest BCUT2D eigenvalue weighted by Gasteiger charge is 2.21. The van der Waals surface area contributed by atoms with E-state index in [2.05, 4.69) is 26.2 Å². The molecule has 0 unspecified atom stereocenters. The highest BCUT2D eigenvalue weighted by atomic mass is 16.3. The van der Waals surface area contributed by atoms with E-state index in [9.17, 15) is 9.90 Å². The summed E-state index contributed by atoms with van der Waals surface area (Å²) >= 11 is 0. The quantitative estimate of drug-likeness (QED) is 0.486. The van der Waals surface area contributed by atoms with Crippen LogP contribution in [-0.4, -0.2) is 37.7 Å². The normalized spacial score (nSPS) is 14.2. The Morgan fingerprint density at radius 2 is 1.97 bits per heavy atom. The number of H-pyrrole nitrogens is 2. The molecular formula is C22H18N6O2. The van der Waals surface area contributed by atoms with Gasteiger partial charge in [-0.25, -0.2) is 4.98 Å². The van der Waals surface area contributed by atoms with Crippen LogP contribution in [-0.2, 0) is 4.79 Å². The molecule has 8 nitrogen and oxygen atoms in total. The van der Waals surface area contributed by atoms with Crippen LogP contribution in [0.4, 0.5) is 5.69 Å². The molecule has 2 aromatic carbocycles.